The summed E-state index contributed by atoms with van der Waals surface area (Å²) in [6.07, 6.45) is 3.75. The summed E-state index contributed by atoms with van der Waals surface area (Å²) in [7, 11) is 3.68. The fourth-order valence-electron chi connectivity index (χ4n) is 4.15. The van der Waals surface area contributed by atoms with Gasteiger partial charge >= 0.3 is 0 Å². The first-order valence-corrected chi connectivity index (χ1v) is 12.3. The Morgan fingerprint density at radius 2 is 1.83 bits per heavy atom. The average molecular weight is 515 g/mol. The summed E-state index contributed by atoms with van der Waals surface area (Å²) in [6.45, 7) is 5.19. The second-order valence-corrected chi connectivity index (χ2v) is 9.37. The van der Waals surface area contributed by atoms with Gasteiger partial charge in [-0.1, -0.05) is 23.2 Å². The molecule has 0 amide bonds. The summed E-state index contributed by atoms with van der Waals surface area (Å²) in [5.41, 5.74) is 2.15. The smallest absolute Gasteiger partial charge is 0.163 e. The lowest BCUT2D eigenvalue weighted by atomic mass is 9.98. The van der Waals surface area contributed by atoms with Gasteiger partial charge < -0.3 is 24.4 Å². The van der Waals surface area contributed by atoms with E-state index >= 15 is 0 Å². The number of hydrogen-bond acceptors (Lipinski definition) is 7. The summed E-state index contributed by atoms with van der Waals surface area (Å²) in [5.74, 6) is 2.22. The van der Waals surface area contributed by atoms with Crippen LogP contribution in [0.15, 0.2) is 30.5 Å². The topological polar surface area (TPSA) is 79.6 Å². The molecule has 9 heteroatoms. The number of likely N-dealkylation sites (tertiary alicyclic amines) is 1. The van der Waals surface area contributed by atoms with Crippen LogP contribution < -0.4 is 19.5 Å². The van der Waals surface area contributed by atoms with Crippen LogP contribution in [-0.2, 0) is 0 Å². The molecule has 7 nitrogen and oxygen atoms in total. The van der Waals surface area contributed by atoms with E-state index in [1.165, 1.54) is 13.3 Å². The maximum atomic E-state index is 9.78. The molecule has 0 unspecified atom stereocenters. The Balaban J connectivity index is 1.71. The van der Waals surface area contributed by atoms with Crippen molar-refractivity contribution in [2.24, 2.45) is 5.92 Å². The molecule has 0 radical (unpaired) electrons. The monoisotopic (exact) mass is 514 g/mol. The summed E-state index contributed by atoms with van der Waals surface area (Å²) in [5, 5.41) is 14.6. The molecule has 1 aromatic heterocycles. The minimum atomic E-state index is 0.366. The number of benzene rings is 2. The van der Waals surface area contributed by atoms with Gasteiger partial charge in [0.15, 0.2) is 11.5 Å². The fraction of sp³-hybridized carbons (Fsp3) is 0.385. The first-order valence-electron chi connectivity index (χ1n) is 11.5. The molecule has 0 aliphatic carbocycles. The van der Waals surface area contributed by atoms with E-state index < -0.39 is 0 Å². The Kier molecular flexibility index (Phi) is 8.07. The van der Waals surface area contributed by atoms with Crippen LogP contribution in [0.3, 0.4) is 0 Å². The first kappa shape index (κ1) is 25.2. The molecule has 1 N–H and O–H groups in total. The van der Waals surface area contributed by atoms with Gasteiger partial charge in [0.05, 0.1) is 52.8 Å². The van der Waals surface area contributed by atoms with E-state index in [2.05, 4.69) is 28.3 Å². The number of nitriles is 1. The van der Waals surface area contributed by atoms with Crippen LogP contribution >= 0.6 is 23.2 Å². The number of nitrogens with zero attached hydrogens (tertiary/aromatic N) is 3. The molecule has 1 aliphatic heterocycles. The second-order valence-electron chi connectivity index (χ2n) is 8.56. The fourth-order valence-corrected chi connectivity index (χ4v) is 4.66. The highest BCUT2D eigenvalue weighted by Gasteiger charge is 2.20. The van der Waals surface area contributed by atoms with Gasteiger partial charge in [-0.05, 0) is 58.0 Å². The molecule has 1 aliphatic rings. The molecule has 0 saturated carbocycles. The van der Waals surface area contributed by atoms with Crippen LogP contribution in [0.2, 0.25) is 10.0 Å². The standard InChI is InChI=1S/C26H28Cl2N4O3/c1-4-34-24-9-18-21(11-25(24)35-15-16-5-7-32(2)8-6-16)30-14-17(13-29)26(18)31-22-12-23(33-3)20(28)10-19(22)27/h9-12,14,16H,4-8,15H2,1-3H3,(H,30,31). The number of halogens is 2. The molecule has 3 aromatic rings. The highest BCUT2D eigenvalue weighted by Crippen LogP contribution is 2.40. The Labute approximate surface area is 215 Å². The molecule has 4 rings (SSSR count). The molecule has 2 aromatic carbocycles. The summed E-state index contributed by atoms with van der Waals surface area (Å²) in [4.78, 5) is 6.85. The van der Waals surface area contributed by atoms with E-state index in [0.717, 1.165) is 25.9 Å². The zero-order chi connectivity index (χ0) is 24.9. The van der Waals surface area contributed by atoms with Crippen LogP contribution in [0, 0.1) is 17.2 Å². The minimum Gasteiger partial charge on any atom is -0.495 e. The number of anilines is 2. The van der Waals surface area contributed by atoms with Crippen molar-refractivity contribution in [3.05, 3.63) is 46.1 Å². The quantitative estimate of drug-likeness (QED) is 0.378. The molecular weight excluding hydrogens is 487 g/mol. The summed E-state index contributed by atoms with van der Waals surface area (Å²) < 4.78 is 17.5. The molecule has 1 fully saturated rings. The van der Waals surface area contributed by atoms with E-state index in [0.29, 0.717) is 74.3 Å². The van der Waals surface area contributed by atoms with Crippen molar-refractivity contribution >= 4 is 45.5 Å². The number of rotatable bonds is 8. The average Bonchev–Trinajstić information content (AvgIpc) is 2.85. The Bertz CT molecular complexity index is 1250. The molecule has 2 heterocycles. The zero-order valence-electron chi connectivity index (χ0n) is 20.0. The molecule has 0 atom stereocenters. The third kappa shape index (κ3) is 5.67. The van der Waals surface area contributed by atoms with Crippen LogP contribution in [0.4, 0.5) is 11.4 Å². The maximum Gasteiger partial charge on any atom is 0.163 e. The van der Waals surface area contributed by atoms with Crippen LogP contribution in [0.5, 0.6) is 17.2 Å². The minimum absolute atomic E-state index is 0.366. The molecular formula is C26H28Cl2N4O3. The van der Waals surface area contributed by atoms with Gasteiger partial charge in [-0.15, -0.1) is 0 Å². The number of aromatic nitrogens is 1. The van der Waals surface area contributed by atoms with Gasteiger partial charge in [0.1, 0.15) is 11.8 Å². The number of methoxy groups -OCH3 is 1. The van der Waals surface area contributed by atoms with E-state index in [9.17, 15) is 5.26 Å². The summed E-state index contributed by atoms with van der Waals surface area (Å²) in [6, 6.07) is 9.22. The van der Waals surface area contributed by atoms with Crippen molar-refractivity contribution in [3.8, 4) is 23.3 Å². The maximum absolute atomic E-state index is 9.78. The summed E-state index contributed by atoms with van der Waals surface area (Å²) >= 11 is 12.6. The lowest BCUT2D eigenvalue weighted by Gasteiger charge is -2.29. The molecule has 0 spiro atoms. The van der Waals surface area contributed by atoms with Crippen molar-refractivity contribution in [1.82, 2.24) is 9.88 Å². The Morgan fingerprint density at radius 1 is 1.09 bits per heavy atom. The van der Waals surface area contributed by atoms with E-state index in [1.807, 2.05) is 19.1 Å². The van der Waals surface area contributed by atoms with Gasteiger partial charge in [-0.2, -0.15) is 5.26 Å². The Hall–Kier alpha value is -2.92. The highest BCUT2D eigenvalue weighted by atomic mass is 35.5. The number of ether oxygens (including phenoxy) is 3. The van der Waals surface area contributed by atoms with Gasteiger partial charge in [0.2, 0.25) is 0 Å². The van der Waals surface area contributed by atoms with E-state index in [4.69, 9.17) is 37.4 Å². The number of fused-ring (bicyclic) bond motifs is 1. The normalized spacial score (nSPS) is 14.5. The first-order chi connectivity index (χ1) is 16.9. The van der Waals surface area contributed by atoms with Gasteiger partial charge in [-0.3, -0.25) is 4.98 Å². The number of hydrogen-bond donors (Lipinski definition) is 1. The second kappa shape index (κ2) is 11.2. The molecule has 1 saturated heterocycles. The van der Waals surface area contributed by atoms with Crippen molar-refractivity contribution in [2.75, 3.05) is 45.8 Å². The van der Waals surface area contributed by atoms with Crippen LogP contribution in [-0.4, -0.2) is 50.3 Å². The third-order valence-electron chi connectivity index (χ3n) is 6.17. The third-order valence-corrected chi connectivity index (χ3v) is 6.78. The molecule has 0 bridgehead atoms. The predicted octanol–water partition coefficient (Wildman–Crippen LogP) is 6.28. The SMILES string of the molecule is CCOc1cc2c(Nc3cc(OC)c(Cl)cc3Cl)c(C#N)cnc2cc1OCC1CCN(C)CC1. The van der Waals surface area contributed by atoms with Gasteiger partial charge in [0, 0.05) is 23.7 Å². The van der Waals surface area contributed by atoms with Crippen molar-refractivity contribution in [3.63, 3.8) is 0 Å². The van der Waals surface area contributed by atoms with Gasteiger partial charge in [-0.25, -0.2) is 0 Å². The van der Waals surface area contributed by atoms with Crippen molar-refractivity contribution in [2.45, 2.75) is 19.8 Å². The number of nitrogens with one attached hydrogen (secondary N) is 1. The lowest BCUT2D eigenvalue weighted by molar-refractivity contribution is 0.156. The lowest BCUT2D eigenvalue weighted by Crippen LogP contribution is -2.32. The number of pyridine rings is 1. The molecule has 35 heavy (non-hydrogen) atoms. The van der Waals surface area contributed by atoms with Crippen LogP contribution in [0.1, 0.15) is 25.3 Å². The largest absolute Gasteiger partial charge is 0.495 e. The predicted molar refractivity (Wildman–Crippen MR) is 140 cm³/mol. The Morgan fingerprint density at radius 3 is 2.51 bits per heavy atom. The van der Waals surface area contributed by atoms with E-state index in [-0.39, 0.29) is 0 Å². The van der Waals surface area contributed by atoms with Crippen LogP contribution in [0.25, 0.3) is 10.9 Å². The van der Waals surface area contributed by atoms with Crippen molar-refractivity contribution in [1.29, 1.82) is 5.26 Å². The zero-order valence-corrected chi connectivity index (χ0v) is 21.5. The van der Waals surface area contributed by atoms with Gasteiger partial charge in [0.25, 0.3) is 0 Å². The van der Waals surface area contributed by atoms with Crippen molar-refractivity contribution < 1.29 is 14.2 Å². The molecule has 184 valence electrons. The van der Waals surface area contributed by atoms with E-state index in [1.54, 1.807) is 12.1 Å². The highest BCUT2D eigenvalue weighted by molar-refractivity contribution is 6.37. The number of piperidine rings is 1.